The van der Waals surface area contributed by atoms with E-state index in [4.69, 9.17) is 27.9 Å². The molecule has 6 heteroatoms. The van der Waals surface area contributed by atoms with Gasteiger partial charge in [-0.15, -0.1) is 0 Å². The first kappa shape index (κ1) is 21.1. The van der Waals surface area contributed by atoms with E-state index < -0.39 is 0 Å². The molecule has 1 amide bonds. The van der Waals surface area contributed by atoms with E-state index in [2.05, 4.69) is 5.32 Å². The van der Waals surface area contributed by atoms with Crippen molar-refractivity contribution < 1.29 is 13.9 Å². The van der Waals surface area contributed by atoms with Crippen molar-refractivity contribution >= 4 is 29.1 Å². The fraction of sp³-hybridized carbons (Fsp3) is 0.409. The molecule has 0 aliphatic carbocycles. The molecule has 0 bridgehead atoms. The molecule has 28 heavy (non-hydrogen) atoms. The fourth-order valence-electron chi connectivity index (χ4n) is 3.75. The summed E-state index contributed by atoms with van der Waals surface area (Å²) in [4.78, 5) is 12.6. The minimum atomic E-state index is -0.276. The third kappa shape index (κ3) is 5.05. The number of rotatable bonds is 6. The molecule has 0 aromatic heterocycles. The highest BCUT2D eigenvalue weighted by atomic mass is 35.5. The number of hydrogen-bond acceptors (Lipinski definition) is 2. The predicted octanol–water partition coefficient (Wildman–Crippen LogP) is 5.49. The first-order chi connectivity index (χ1) is 13.4. The number of halogens is 3. The minimum Gasteiger partial charge on any atom is -0.381 e. The molecule has 3 rings (SSSR count). The summed E-state index contributed by atoms with van der Waals surface area (Å²) in [6.45, 7) is 3.71. The van der Waals surface area contributed by atoms with Crippen molar-refractivity contribution in [3.63, 3.8) is 0 Å². The Bertz CT molecular complexity index is 820. The molecule has 3 nitrogen and oxygen atoms in total. The summed E-state index contributed by atoms with van der Waals surface area (Å²) in [7, 11) is 0. The zero-order valence-electron chi connectivity index (χ0n) is 15.8. The Morgan fingerprint density at radius 1 is 1.18 bits per heavy atom. The van der Waals surface area contributed by atoms with Crippen molar-refractivity contribution in [1.29, 1.82) is 0 Å². The highest BCUT2D eigenvalue weighted by Gasteiger charge is 2.36. The standard InChI is InChI=1S/C22H24Cl2FNO2/c1-15(16-2-5-18(25)6-3-16)12-21(27)26-14-22(8-10-28-11-9-22)19-7-4-17(23)13-20(19)24/h2-7,13,15H,8-12,14H2,1H3,(H,26,27). The molecule has 0 saturated carbocycles. The van der Waals surface area contributed by atoms with Crippen LogP contribution in [0.25, 0.3) is 0 Å². The topological polar surface area (TPSA) is 38.3 Å². The van der Waals surface area contributed by atoms with Gasteiger partial charge in [-0.25, -0.2) is 4.39 Å². The number of ether oxygens (including phenoxy) is 1. The smallest absolute Gasteiger partial charge is 0.220 e. The summed E-state index contributed by atoms with van der Waals surface area (Å²) in [6.07, 6.45) is 1.90. The second-order valence-corrected chi connectivity index (χ2v) is 8.29. The molecule has 1 aliphatic rings. The maximum Gasteiger partial charge on any atom is 0.220 e. The van der Waals surface area contributed by atoms with Gasteiger partial charge >= 0.3 is 0 Å². The normalized spacial score (nSPS) is 17.1. The van der Waals surface area contributed by atoms with Crippen molar-refractivity contribution in [1.82, 2.24) is 5.32 Å². The second kappa shape index (κ2) is 9.25. The molecule has 2 aromatic rings. The van der Waals surface area contributed by atoms with E-state index in [0.29, 0.717) is 36.2 Å². The average Bonchev–Trinajstić information content (AvgIpc) is 2.67. The number of hydrogen-bond donors (Lipinski definition) is 1. The third-order valence-electron chi connectivity index (χ3n) is 5.51. The van der Waals surface area contributed by atoms with Crippen LogP contribution in [0.15, 0.2) is 42.5 Å². The molecular weight excluding hydrogens is 400 g/mol. The maximum atomic E-state index is 13.1. The van der Waals surface area contributed by atoms with Gasteiger partial charge in [0.2, 0.25) is 5.91 Å². The lowest BCUT2D eigenvalue weighted by atomic mass is 9.74. The van der Waals surface area contributed by atoms with E-state index in [1.807, 2.05) is 19.1 Å². The van der Waals surface area contributed by atoms with Gasteiger partial charge in [0.15, 0.2) is 0 Å². The van der Waals surface area contributed by atoms with Gasteiger partial charge in [-0.1, -0.05) is 48.3 Å². The van der Waals surface area contributed by atoms with Crippen LogP contribution >= 0.6 is 23.2 Å². The Morgan fingerprint density at radius 2 is 1.86 bits per heavy atom. The van der Waals surface area contributed by atoms with Crippen molar-refractivity contribution in [2.45, 2.75) is 37.5 Å². The van der Waals surface area contributed by atoms with Crippen LogP contribution in [0.4, 0.5) is 4.39 Å². The summed E-state index contributed by atoms with van der Waals surface area (Å²) in [5.41, 5.74) is 1.67. The molecule has 1 fully saturated rings. The number of carbonyl (C=O) groups excluding carboxylic acids is 1. The third-order valence-corrected chi connectivity index (χ3v) is 6.05. The van der Waals surface area contributed by atoms with Crippen molar-refractivity contribution in [2.75, 3.05) is 19.8 Å². The predicted molar refractivity (Wildman–Crippen MR) is 111 cm³/mol. The molecule has 1 aliphatic heterocycles. The van der Waals surface area contributed by atoms with E-state index >= 15 is 0 Å². The summed E-state index contributed by atoms with van der Waals surface area (Å²) in [6, 6.07) is 11.8. The van der Waals surface area contributed by atoms with Crippen molar-refractivity contribution in [3.8, 4) is 0 Å². The molecule has 150 valence electrons. The van der Waals surface area contributed by atoms with Gasteiger partial charge in [-0.3, -0.25) is 4.79 Å². The van der Waals surface area contributed by atoms with Crippen LogP contribution in [-0.4, -0.2) is 25.7 Å². The Labute approximate surface area is 175 Å². The van der Waals surface area contributed by atoms with Gasteiger partial charge in [0, 0.05) is 41.6 Å². The molecule has 2 aromatic carbocycles. The van der Waals surface area contributed by atoms with Gasteiger partial charge in [0.1, 0.15) is 5.82 Å². The molecule has 0 spiro atoms. The number of nitrogens with one attached hydrogen (secondary N) is 1. The Kier molecular flexibility index (Phi) is 6.97. The van der Waals surface area contributed by atoms with Gasteiger partial charge in [0.25, 0.3) is 0 Å². The molecular formula is C22H24Cl2FNO2. The highest BCUT2D eigenvalue weighted by Crippen LogP contribution is 2.39. The van der Waals surface area contributed by atoms with E-state index in [-0.39, 0.29) is 23.1 Å². The minimum absolute atomic E-state index is 0.00496. The van der Waals surface area contributed by atoms with Gasteiger partial charge < -0.3 is 10.1 Å². The highest BCUT2D eigenvalue weighted by molar-refractivity contribution is 6.35. The maximum absolute atomic E-state index is 13.1. The van der Waals surface area contributed by atoms with Crippen LogP contribution in [0.5, 0.6) is 0 Å². The van der Waals surface area contributed by atoms with Gasteiger partial charge in [-0.2, -0.15) is 0 Å². The molecule has 1 heterocycles. The van der Waals surface area contributed by atoms with Gasteiger partial charge in [-0.05, 0) is 54.2 Å². The van der Waals surface area contributed by atoms with Crippen molar-refractivity contribution in [2.24, 2.45) is 0 Å². The number of benzene rings is 2. The molecule has 1 N–H and O–H groups in total. The first-order valence-electron chi connectivity index (χ1n) is 9.45. The molecule has 0 radical (unpaired) electrons. The summed E-state index contributed by atoms with van der Waals surface area (Å²) in [5, 5.41) is 4.29. The number of carbonyl (C=O) groups is 1. The Hall–Kier alpha value is -1.62. The fourth-order valence-corrected chi connectivity index (χ4v) is 4.36. The van der Waals surface area contributed by atoms with Crippen LogP contribution in [0.2, 0.25) is 10.0 Å². The zero-order valence-corrected chi connectivity index (χ0v) is 17.3. The number of amides is 1. The monoisotopic (exact) mass is 423 g/mol. The van der Waals surface area contributed by atoms with Crippen LogP contribution in [0.1, 0.15) is 43.2 Å². The summed E-state index contributed by atoms with van der Waals surface area (Å²) < 4.78 is 18.6. The zero-order chi connectivity index (χ0) is 20.1. The lowest BCUT2D eigenvalue weighted by Crippen LogP contribution is -2.45. The SMILES string of the molecule is CC(CC(=O)NCC1(c2ccc(Cl)cc2Cl)CCOCC1)c1ccc(F)cc1. The largest absolute Gasteiger partial charge is 0.381 e. The average molecular weight is 424 g/mol. The Morgan fingerprint density at radius 3 is 2.50 bits per heavy atom. The van der Waals surface area contributed by atoms with E-state index in [1.165, 1.54) is 12.1 Å². The molecule has 1 saturated heterocycles. The first-order valence-corrected chi connectivity index (χ1v) is 10.2. The van der Waals surface area contributed by atoms with Crippen LogP contribution < -0.4 is 5.32 Å². The lowest BCUT2D eigenvalue weighted by molar-refractivity contribution is -0.121. The van der Waals surface area contributed by atoms with Crippen LogP contribution in [0, 0.1) is 5.82 Å². The summed E-state index contributed by atoms with van der Waals surface area (Å²) in [5.74, 6) is -0.306. The summed E-state index contributed by atoms with van der Waals surface area (Å²) >= 11 is 12.5. The quantitative estimate of drug-likeness (QED) is 0.666. The van der Waals surface area contributed by atoms with Gasteiger partial charge in [0.05, 0.1) is 0 Å². The lowest BCUT2D eigenvalue weighted by Gasteiger charge is -2.38. The molecule has 1 unspecified atom stereocenters. The van der Waals surface area contributed by atoms with E-state index in [0.717, 1.165) is 24.0 Å². The molecule has 1 atom stereocenters. The second-order valence-electron chi connectivity index (χ2n) is 7.45. The van der Waals surface area contributed by atoms with Crippen LogP contribution in [0.3, 0.4) is 0 Å². The van der Waals surface area contributed by atoms with Crippen molar-refractivity contribution in [3.05, 3.63) is 69.5 Å². The van der Waals surface area contributed by atoms with E-state index in [1.54, 1.807) is 18.2 Å². The van der Waals surface area contributed by atoms with Crippen LogP contribution in [-0.2, 0) is 14.9 Å². The van der Waals surface area contributed by atoms with E-state index in [9.17, 15) is 9.18 Å². The Balaban J connectivity index is 1.68.